The smallest absolute Gasteiger partial charge is 0.119 e. The second-order valence-corrected chi connectivity index (χ2v) is 4.18. The Morgan fingerprint density at radius 1 is 1.40 bits per heavy atom. The molecule has 1 atom stereocenters. The molecule has 0 radical (unpaired) electrons. The fraction of sp³-hybridized carbons (Fsp3) is 0.538. The van der Waals surface area contributed by atoms with E-state index in [9.17, 15) is 0 Å². The lowest BCUT2D eigenvalue weighted by Crippen LogP contribution is -2.08. The van der Waals surface area contributed by atoms with Gasteiger partial charge in [0.15, 0.2) is 0 Å². The molecule has 0 aromatic heterocycles. The number of hydrogen-bond donors (Lipinski definition) is 1. The summed E-state index contributed by atoms with van der Waals surface area (Å²) in [4.78, 5) is 0. The predicted octanol–water partition coefficient (Wildman–Crippen LogP) is 2.53. The Morgan fingerprint density at radius 3 is 2.67 bits per heavy atom. The molecule has 0 saturated heterocycles. The molecular weight excluding hydrogens is 186 g/mol. The molecule has 0 aliphatic carbocycles. The quantitative estimate of drug-likeness (QED) is 0.805. The van der Waals surface area contributed by atoms with Gasteiger partial charge in [0.1, 0.15) is 5.75 Å². The first kappa shape index (κ1) is 12.1. The van der Waals surface area contributed by atoms with Crippen LogP contribution in [-0.2, 0) is 6.42 Å². The van der Waals surface area contributed by atoms with E-state index in [1.807, 2.05) is 6.07 Å². The van der Waals surface area contributed by atoms with E-state index < -0.39 is 0 Å². The van der Waals surface area contributed by atoms with Crippen LogP contribution in [0.3, 0.4) is 0 Å². The molecule has 0 bridgehead atoms. The van der Waals surface area contributed by atoms with Crippen LogP contribution in [-0.4, -0.2) is 13.7 Å². The summed E-state index contributed by atoms with van der Waals surface area (Å²) in [6.07, 6.45) is 2.19. The van der Waals surface area contributed by atoms with Gasteiger partial charge >= 0.3 is 0 Å². The average Bonchev–Trinajstić information content (AvgIpc) is 2.21. The summed E-state index contributed by atoms with van der Waals surface area (Å²) in [5.74, 6) is 1.59. The topological polar surface area (TPSA) is 35.2 Å². The number of rotatable bonds is 5. The highest BCUT2D eigenvalue weighted by molar-refractivity contribution is 5.34. The van der Waals surface area contributed by atoms with Gasteiger partial charge in [0.25, 0.3) is 0 Å². The molecule has 15 heavy (non-hydrogen) atoms. The zero-order chi connectivity index (χ0) is 11.3. The molecule has 1 aromatic rings. The maximum atomic E-state index is 5.55. The summed E-state index contributed by atoms with van der Waals surface area (Å²) in [7, 11) is 1.70. The predicted molar refractivity (Wildman–Crippen MR) is 64.3 cm³/mol. The maximum Gasteiger partial charge on any atom is 0.119 e. The van der Waals surface area contributed by atoms with Gasteiger partial charge in [-0.25, -0.2) is 0 Å². The minimum Gasteiger partial charge on any atom is -0.497 e. The molecule has 2 N–H and O–H groups in total. The van der Waals surface area contributed by atoms with Gasteiger partial charge in [0, 0.05) is 0 Å². The van der Waals surface area contributed by atoms with Crippen molar-refractivity contribution in [1.82, 2.24) is 0 Å². The highest BCUT2D eigenvalue weighted by atomic mass is 16.5. The van der Waals surface area contributed by atoms with Crippen molar-refractivity contribution < 1.29 is 4.74 Å². The third kappa shape index (κ3) is 3.56. The summed E-state index contributed by atoms with van der Waals surface area (Å²) in [6.45, 7) is 5.15. The number of methoxy groups -OCH3 is 1. The van der Waals surface area contributed by atoms with Crippen LogP contribution in [0.1, 0.15) is 24.5 Å². The number of hydrogen-bond acceptors (Lipinski definition) is 2. The van der Waals surface area contributed by atoms with Crippen molar-refractivity contribution in [3.63, 3.8) is 0 Å². The summed E-state index contributed by atoms with van der Waals surface area (Å²) < 4.78 is 5.18. The Morgan fingerprint density at radius 2 is 2.13 bits per heavy atom. The Labute approximate surface area is 92.4 Å². The number of nitrogens with two attached hydrogens (primary N) is 1. The molecule has 0 heterocycles. The third-order valence-corrected chi connectivity index (χ3v) is 2.78. The number of benzene rings is 1. The zero-order valence-electron chi connectivity index (χ0n) is 9.92. The van der Waals surface area contributed by atoms with Crippen LogP contribution in [0.4, 0.5) is 0 Å². The van der Waals surface area contributed by atoms with Crippen molar-refractivity contribution in [2.24, 2.45) is 11.7 Å². The van der Waals surface area contributed by atoms with Gasteiger partial charge in [0.2, 0.25) is 0 Å². The zero-order valence-corrected chi connectivity index (χ0v) is 9.92. The number of aryl methyl sites for hydroxylation is 1. The number of ether oxygens (including phenoxy) is 1. The van der Waals surface area contributed by atoms with E-state index in [1.54, 1.807) is 7.11 Å². The molecule has 0 aliphatic heterocycles. The van der Waals surface area contributed by atoms with Crippen molar-refractivity contribution >= 4 is 0 Å². The van der Waals surface area contributed by atoms with Crippen LogP contribution in [0.5, 0.6) is 5.75 Å². The first-order valence-electron chi connectivity index (χ1n) is 5.51. The van der Waals surface area contributed by atoms with Gasteiger partial charge < -0.3 is 10.5 Å². The molecule has 0 aliphatic rings. The molecule has 2 heteroatoms. The normalized spacial score (nSPS) is 12.5. The molecule has 2 nitrogen and oxygen atoms in total. The van der Waals surface area contributed by atoms with Crippen LogP contribution in [0.25, 0.3) is 0 Å². The molecular formula is C13H21NO. The van der Waals surface area contributed by atoms with Crippen molar-refractivity contribution in [3.8, 4) is 5.75 Å². The molecule has 1 unspecified atom stereocenters. The first-order valence-corrected chi connectivity index (χ1v) is 5.51. The van der Waals surface area contributed by atoms with Crippen LogP contribution in [0, 0.1) is 12.8 Å². The monoisotopic (exact) mass is 207 g/mol. The summed E-state index contributed by atoms with van der Waals surface area (Å²) >= 11 is 0. The summed E-state index contributed by atoms with van der Waals surface area (Å²) in [6, 6.07) is 6.27. The van der Waals surface area contributed by atoms with Crippen LogP contribution < -0.4 is 10.5 Å². The van der Waals surface area contributed by atoms with Crippen molar-refractivity contribution in [2.45, 2.75) is 26.7 Å². The Kier molecular flexibility index (Phi) is 4.63. The fourth-order valence-corrected chi connectivity index (χ4v) is 1.79. The van der Waals surface area contributed by atoms with Crippen molar-refractivity contribution in [2.75, 3.05) is 13.7 Å². The van der Waals surface area contributed by atoms with Gasteiger partial charge in [-0.15, -0.1) is 0 Å². The second kappa shape index (κ2) is 5.76. The van der Waals surface area contributed by atoms with E-state index in [0.717, 1.165) is 25.1 Å². The Bertz CT molecular complexity index is 309. The summed E-state index contributed by atoms with van der Waals surface area (Å²) in [5.41, 5.74) is 8.25. The van der Waals surface area contributed by atoms with Crippen LogP contribution >= 0.6 is 0 Å². The van der Waals surface area contributed by atoms with Gasteiger partial charge in [-0.2, -0.15) is 0 Å². The Hall–Kier alpha value is -1.02. The van der Waals surface area contributed by atoms with E-state index in [-0.39, 0.29) is 0 Å². The minimum atomic E-state index is 0.655. The average molecular weight is 207 g/mol. The van der Waals surface area contributed by atoms with E-state index in [2.05, 4.69) is 26.0 Å². The second-order valence-electron chi connectivity index (χ2n) is 4.18. The lowest BCUT2D eigenvalue weighted by molar-refractivity contribution is 0.414. The first-order chi connectivity index (χ1) is 7.17. The van der Waals surface area contributed by atoms with Gasteiger partial charge in [-0.1, -0.05) is 13.0 Å². The van der Waals surface area contributed by atoms with Crippen LogP contribution in [0.2, 0.25) is 0 Å². The third-order valence-electron chi connectivity index (χ3n) is 2.78. The van der Waals surface area contributed by atoms with E-state index in [4.69, 9.17) is 10.5 Å². The van der Waals surface area contributed by atoms with Crippen molar-refractivity contribution in [3.05, 3.63) is 29.3 Å². The van der Waals surface area contributed by atoms with Gasteiger partial charge in [0.05, 0.1) is 7.11 Å². The SMILES string of the molecule is COc1ccc(CC(C)CCN)c(C)c1. The van der Waals surface area contributed by atoms with Crippen LogP contribution in [0.15, 0.2) is 18.2 Å². The summed E-state index contributed by atoms with van der Waals surface area (Å²) in [5, 5.41) is 0. The Balaban J connectivity index is 2.69. The lowest BCUT2D eigenvalue weighted by Gasteiger charge is -2.13. The van der Waals surface area contributed by atoms with Gasteiger partial charge in [-0.3, -0.25) is 0 Å². The molecule has 1 rings (SSSR count). The van der Waals surface area contributed by atoms with E-state index >= 15 is 0 Å². The fourth-order valence-electron chi connectivity index (χ4n) is 1.79. The molecule has 0 fully saturated rings. The van der Waals surface area contributed by atoms with E-state index in [1.165, 1.54) is 11.1 Å². The highest BCUT2D eigenvalue weighted by Crippen LogP contribution is 2.20. The lowest BCUT2D eigenvalue weighted by atomic mass is 9.95. The van der Waals surface area contributed by atoms with Crippen molar-refractivity contribution in [1.29, 1.82) is 0 Å². The molecule has 1 aromatic carbocycles. The molecule has 0 saturated carbocycles. The standard InChI is InChI=1S/C13H21NO/c1-10(6-7-14)8-12-4-5-13(15-3)9-11(12)2/h4-5,9-10H,6-8,14H2,1-3H3. The molecule has 0 spiro atoms. The van der Waals surface area contributed by atoms with E-state index in [0.29, 0.717) is 5.92 Å². The largest absolute Gasteiger partial charge is 0.497 e. The molecule has 84 valence electrons. The van der Waals surface area contributed by atoms with Gasteiger partial charge in [-0.05, 0) is 55.5 Å². The molecule has 0 amide bonds. The highest BCUT2D eigenvalue weighted by Gasteiger charge is 2.05. The minimum absolute atomic E-state index is 0.655. The maximum absolute atomic E-state index is 5.55.